The molecule has 4 heteroatoms. The lowest BCUT2D eigenvalue weighted by Gasteiger charge is -2.33. The molecule has 3 nitrogen and oxygen atoms in total. The van der Waals surface area contributed by atoms with Crippen LogP contribution in [-0.2, 0) is 16.6 Å². The van der Waals surface area contributed by atoms with Crippen LogP contribution in [0.25, 0.3) is 0 Å². The molecule has 136 valence electrons. The highest BCUT2D eigenvalue weighted by Gasteiger charge is 2.62. The van der Waals surface area contributed by atoms with Crippen molar-refractivity contribution in [1.82, 2.24) is 10.2 Å². The molecule has 1 saturated heterocycles. The number of aryl methyl sites for hydroxylation is 1. The summed E-state index contributed by atoms with van der Waals surface area (Å²) in [5.74, 6) is 1.64. The minimum absolute atomic E-state index is 0. The van der Waals surface area contributed by atoms with Crippen molar-refractivity contribution in [3.63, 3.8) is 0 Å². The predicted molar refractivity (Wildman–Crippen MR) is 102 cm³/mol. The van der Waals surface area contributed by atoms with Crippen molar-refractivity contribution >= 4 is 18.3 Å². The van der Waals surface area contributed by atoms with Gasteiger partial charge in [0.25, 0.3) is 0 Å². The lowest BCUT2D eigenvalue weighted by atomic mass is 9.94. The first-order valence-corrected chi connectivity index (χ1v) is 9.87. The molecule has 2 saturated carbocycles. The molecule has 1 aromatic rings. The van der Waals surface area contributed by atoms with E-state index in [9.17, 15) is 4.79 Å². The van der Waals surface area contributed by atoms with Crippen LogP contribution in [-0.4, -0.2) is 36.5 Å². The molecule has 1 heterocycles. The Bertz CT molecular complexity index is 651. The number of rotatable bonds is 4. The quantitative estimate of drug-likeness (QED) is 0.893. The normalized spacial score (nSPS) is 30.9. The fraction of sp³-hybridized carbons (Fsp3) is 0.667. The molecule has 1 spiro atoms. The number of carbonyl (C=O) groups is 1. The minimum Gasteiger partial charge on any atom is -0.342 e. The molecule has 4 aliphatic rings. The molecular formula is C21H29ClN2O. The van der Waals surface area contributed by atoms with Crippen molar-refractivity contribution in [3.8, 4) is 0 Å². The average molecular weight is 361 g/mol. The molecule has 3 aliphatic carbocycles. The number of hydrogen-bond donors (Lipinski definition) is 1. The number of nitrogens with zero attached hydrogens (tertiary/aromatic N) is 1. The molecule has 1 amide bonds. The Morgan fingerprint density at radius 1 is 1.16 bits per heavy atom. The third-order valence-corrected chi connectivity index (χ3v) is 6.97. The van der Waals surface area contributed by atoms with E-state index in [4.69, 9.17) is 0 Å². The van der Waals surface area contributed by atoms with E-state index in [1.807, 2.05) is 0 Å². The first-order chi connectivity index (χ1) is 11.8. The van der Waals surface area contributed by atoms with Crippen LogP contribution in [0.3, 0.4) is 0 Å². The van der Waals surface area contributed by atoms with Gasteiger partial charge in [0.2, 0.25) is 5.91 Å². The van der Waals surface area contributed by atoms with Crippen LogP contribution < -0.4 is 5.32 Å². The molecule has 0 bridgehead atoms. The Morgan fingerprint density at radius 3 is 2.68 bits per heavy atom. The van der Waals surface area contributed by atoms with Crippen molar-refractivity contribution in [3.05, 3.63) is 35.4 Å². The number of halogens is 1. The van der Waals surface area contributed by atoms with Gasteiger partial charge in [0.15, 0.2) is 0 Å². The van der Waals surface area contributed by atoms with E-state index < -0.39 is 0 Å². The van der Waals surface area contributed by atoms with E-state index in [0.29, 0.717) is 11.9 Å². The summed E-state index contributed by atoms with van der Waals surface area (Å²) in [6.45, 7) is 3.10. The summed E-state index contributed by atoms with van der Waals surface area (Å²) >= 11 is 0. The Labute approximate surface area is 157 Å². The smallest absolute Gasteiger partial charge is 0.226 e. The monoisotopic (exact) mass is 360 g/mol. The number of piperidine rings is 1. The average Bonchev–Trinajstić information content (AvgIpc) is 3.52. The van der Waals surface area contributed by atoms with Gasteiger partial charge >= 0.3 is 0 Å². The van der Waals surface area contributed by atoms with Crippen molar-refractivity contribution in [2.75, 3.05) is 19.6 Å². The lowest BCUT2D eigenvalue weighted by Crippen LogP contribution is -2.46. The number of hydrogen-bond acceptors (Lipinski definition) is 2. The standard InChI is InChI=1S/C21H28N2O.ClH/c24-20(23-11-8-17(9-12-23)22-14-15-5-6-15)19-13-21(19)10-7-16-3-1-2-4-18(16)21;/h1-4,15,17,19,22H,5-14H2;1H. The lowest BCUT2D eigenvalue weighted by molar-refractivity contribution is -0.134. The van der Waals surface area contributed by atoms with Gasteiger partial charge in [0.1, 0.15) is 0 Å². The van der Waals surface area contributed by atoms with Crippen molar-refractivity contribution in [2.24, 2.45) is 11.8 Å². The van der Waals surface area contributed by atoms with Crippen LogP contribution in [0.5, 0.6) is 0 Å². The van der Waals surface area contributed by atoms with E-state index >= 15 is 0 Å². The zero-order valence-electron chi connectivity index (χ0n) is 14.9. The molecule has 25 heavy (non-hydrogen) atoms. The zero-order valence-corrected chi connectivity index (χ0v) is 15.7. The highest BCUT2D eigenvalue weighted by molar-refractivity contribution is 5.85. The molecule has 2 unspecified atom stereocenters. The number of likely N-dealkylation sites (tertiary alicyclic amines) is 1. The van der Waals surface area contributed by atoms with Gasteiger partial charge in [-0.25, -0.2) is 0 Å². The molecule has 1 aliphatic heterocycles. The van der Waals surface area contributed by atoms with Crippen LogP contribution in [0.4, 0.5) is 0 Å². The zero-order chi connectivity index (χ0) is 16.1. The van der Waals surface area contributed by atoms with Crippen molar-refractivity contribution in [1.29, 1.82) is 0 Å². The Balaban J connectivity index is 0.00000157. The summed E-state index contributed by atoms with van der Waals surface area (Å²) in [6.07, 6.45) is 8.52. The van der Waals surface area contributed by atoms with Gasteiger partial charge in [-0.05, 0) is 68.5 Å². The fourth-order valence-electron chi connectivity index (χ4n) is 5.10. The Hall–Kier alpha value is -1.06. The van der Waals surface area contributed by atoms with Crippen LogP contribution in [0.1, 0.15) is 49.7 Å². The first-order valence-electron chi connectivity index (χ1n) is 9.87. The van der Waals surface area contributed by atoms with E-state index in [0.717, 1.165) is 44.7 Å². The molecular weight excluding hydrogens is 332 g/mol. The maximum Gasteiger partial charge on any atom is 0.226 e. The van der Waals surface area contributed by atoms with Gasteiger partial charge in [-0.1, -0.05) is 24.3 Å². The number of amides is 1. The van der Waals surface area contributed by atoms with E-state index in [-0.39, 0.29) is 23.7 Å². The summed E-state index contributed by atoms with van der Waals surface area (Å²) in [5, 5.41) is 3.71. The Morgan fingerprint density at radius 2 is 1.92 bits per heavy atom. The maximum absolute atomic E-state index is 13.0. The SMILES string of the molecule is Cl.O=C(C1CC12CCc1ccccc12)N1CCC(NCC2CC2)CC1. The summed E-state index contributed by atoms with van der Waals surface area (Å²) in [6, 6.07) is 9.43. The number of benzene rings is 1. The summed E-state index contributed by atoms with van der Waals surface area (Å²) in [5.41, 5.74) is 3.16. The van der Waals surface area contributed by atoms with E-state index in [1.165, 1.54) is 36.9 Å². The summed E-state index contributed by atoms with van der Waals surface area (Å²) in [4.78, 5) is 15.2. The molecule has 2 atom stereocenters. The van der Waals surface area contributed by atoms with Gasteiger partial charge in [0, 0.05) is 30.5 Å². The van der Waals surface area contributed by atoms with E-state index in [2.05, 4.69) is 34.5 Å². The Kier molecular flexibility index (Phi) is 4.57. The fourth-order valence-corrected chi connectivity index (χ4v) is 5.10. The maximum atomic E-state index is 13.0. The van der Waals surface area contributed by atoms with Gasteiger partial charge in [-0.2, -0.15) is 0 Å². The molecule has 0 aromatic heterocycles. The topological polar surface area (TPSA) is 32.3 Å². The molecule has 1 aromatic carbocycles. The van der Waals surface area contributed by atoms with E-state index in [1.54, 1.807) is 0 Å². The summed E-state index contributed by atoms with van der Waals surface area (Å²) in [7, 11) is 0. The highest BCUT2D eigenvalue weighted by Crippen LogP contribution is 2.62. The second kappa shape index (κ2) is 6.59. The van der Waals surface area contributed by atoms with Crippen LogP contribution in [0.2, 0.25) is 0 Å². The van der Waals surface area contributed by atoms with Crippen molar-refractivity contribution < 1.29 is 4.79 Å². The first kappa shape index (κ1) is 17.4. The molecule has 1 N–H and O–H groups in total. The van der Waals surface area contributed by atoms with Gasteiger partial charge in [-0.3, -0.25) is 4.79 Å². The second-order valence-electron chi connectivity index (χ2n) is 8.52. The van der Waals surface area contributed by atoms with Crippen LogP contribution >= 0.6 is 12.4 Å². The van der Waals surface area contributed by atoms with Gasteiger partial charge in [0.05, 0.1) is 0 Å². The van der Waals surface area contributed by atoms with Gasteiger partial charge < -0.3 is 10.2 Å². The number of nitrogens with one attached hydrogen (secondary N) is 1. The minimum atomic E-state index is 0. The highest BCUT2D eigenvalue weighted by atomic mass is 35.5. The molecule has 0 radical (unpaired) electrons. The molecule has 3 fully saturated rings. The molecule has 5 rings (SSSR count). The summed E-state index contributed by atoms with van der Waals surface area (Å²) < 4.78 is 0. The van der Waals surface area contributed by atoms with Crippen molar-refractivity contribution in [2.45, 2.75) is 56.4 Å². The third kappa shape index (κ3) is 3.10. The largest absolute Gasteiger partial charge is 0.342 e. The number of fused-ring (bicyclic) bond motifs is 2. The van der Waals surface area contributed by atoms with Gasteiger partial charge in [-0.15, -0.1) is 12.4 Å². The number of carbonyl (C=O) groups excluding carboxylic acids is 1. The predicted octanol–water partition coefficient (Wildman–Crippen LogP) is 3.30. The van der Waals surface area contributed by atoms with Crippen LogP contribution in [0.15, 0.2) is 24.3 Å². The second-order valence-corrected chi connectivity index (χ2v) is 8.52. The third-order valence-electron chi connectivity index (χ3n) is 6.97. The van der Waals surface area contributed by atoms with Crippen LogP contribution in [0, 0.1) is 11.8 Å².